The second-order valence-electron chi connectivity index (χ2n) is 7.26. The van der Waals surface area contributed by atoms with Gasteiger partial charge in [-0.15, -0.1) is 0 Å². The molecule has 1 aromatic carbocycles. The molecule has 0 spiro atoms. The highest BCUT2D eigenvalue weighted by Crippen LogP contribution is 2.30. The van der Waals surface area contributed by atoms with E-state index in [0.717, 1.165) is 31.3 Å². The molecule has 2 heterocycles. The van der Waals surface area contributed by atoms with Crippen molar-refractivity contribution in [3.8, 4) is 5.88 Å². The van der Waals surface area contributed by atoms with Gasteiger partial charge in [0.2, 0.25) is 5.88 Å². The molecular formula is C23H30N4O3S. The van der Waals surface area contributed by atoms with Crippen molar-refractivity contribution < 1.29 is 14.3 Å². The number of carbonyl (C=O) groups excluding carboxylic acids is 1. The summed E-state index contributed by atoms with van der Waals surface area (Å²) in [5.41, 5.74) is 4.11. The number of aromatic nitrogens is 1. The summed E-state index contributed by atoms with van der Waals surface area (Å²) < 4.78 is 10.4. The number of esters is 1. The van der Waals surface area contributed by atoms with Crippen LogP contribution in [0.1, 0.15) is 28.5 Å². The van der Waals surface area contributed by atoms with E-state index in [2.05, 4.69) is 46.0 Å². The van der Waals surface area contributed by atoms with Crippen LogP contribution in [-0.4, -0.2) is 67.7 Å². The number of nitrogens with zero attached hydrogens (tertiary/aromatic N) is 4. The van der Waals surface area contributed by atoms with E-state index >= 15 is 0 Å². The lowest BCUT2D eigenvalue weighted by atomic mass is 10.1. The lowest BCUT2D eigenvalue weighted by molar-refractivity contribution is 0.0599. The maximum absolute atomic E-state index is 12.2. The van der Waals surface area contributed by atoms with E-state index in [4.69, 9.17) is 14.5 Å². The number of rotatable bonds is 5. The van der Waals surface area contributed by atoms with E-state index < -0.39 is 5.97 Å². The quantitative estimate of drug-likeness (QED) is 0.395. The Morgan fingerprint density at radius 1 is 1.16 bits per heavy atom. The Bertz CT molecular complexity index is 939. The van der Waals surface area contributed by atoms with Crippen LogP contribution in [0.2, 0.25) is 0 Å². The summed E-state index contributed by atoms with van der Waals surface area (Å²) in [5, 5.41) is 0.878. The third-order valence-corrected chi connectivity index (χ3v) is 6.04. The van der Waals surface area contributed by atoms with Crippen molar-refractivity contribution in [3.05, 3.63) is 47.2 Å². The van der Waals surface area contributed by atoms with Crippen molar-refractivity contribution in [1.82, 2.24) is 9.88 Å². The second kappa shape index (κ2) is 10.5. The molecule has 0 atom stereocenters. The van der Waals surface area contributed by atoms with Crippen molar-refractivity contribution in [1.29, 1.82) is 0 Å². The Labute approximate surface area is 188 Å². The average molecular weight is 443 g/mol. The zero-order chi connectivity index (χ0) is 22.4. The van der Waals surface area contributed by atoms with Crippen LogP contribution < -0.4 is 9.64 Å². The third kappa shape index (κ3) is 5.31. The van der Waals surface area contributed by atoms with Gasteiger partial charge in [0, 0.05) is 31.9 Å². The van der Waals surface area contributed by atoms with Crippen LogP contribution in [0.5, 0.6) is 5.88 Å². The summed E-state index contributed by atoms with van der Waals surface area (Å²) in [4.78, 5) is 26.2. The second-order valence-corrected chi connectivity index (χ2v) is 8.04. The minimum atomic E-state index is -0.416. The lowest BCUT2D eigenvalue weighted by Gasteiger charge is -2.37. The van der Waals surface area contributed by atoms with Crippen molar-refractivity contribution in [2.45, 2.75) is 20.3 Å². The van der Waals surface area contributed by atoms with E-state index in [0.29, 0.717) is 29.2 Å². The molecule has 1 aromatic heterocycles. The van der Waals surface area contributed by atoms with Gasteiger partial charge in [0.1, 0.15) is 5.69 Å². The zero-order valence-electron chi connectivity index (χ0n) is 18.8. The van der Waals surface area contributed by atoms with Gasteiger partial charge in [-0.05, 0) is 37.8 Å². The Hall–Kier alpha value is -2.74. The molecular weight excluding hydrogens is 412 g/mol. The number of hydrogen-bond donors (Lipinski definition) is 0. The number of pyridine rings is 1. The molecule has 0 unspecified atom stereocenters. The molecule has 0 bridgehead atoms. The molecule has 0 aliphatic carbocycles. The fourth-order valence-corrected chi connectivity index (χ4v) is 4.20. The lowest BCUT2D eigenvalue weighted by Crippen LogP contribution is -2.48. The van der Waals surface area contributed by atoms with Gasteiger partial charge in [-0.3, -0.25) is 0 Å². The summed E-state index contributed by atoms with van der Waals surface area (Å²) >= 11 is 1.58. The Morgan fingerprint density at radius 3 is 2.39 bits per heavy atom. The van der Waals surface area contributed by atoms with Crippen molar-refractivity contribution in [3.63, 3.8) is 0 Å². The van der Waals surface area contributed by atoms with Gasteiger partial charge < -0.3 is 19.3 Å². The highest BCUT2D eigenvalue weighted by Gasteiger charge is 2.22. The first kappa shape index (κ1) is 22.9. The summed E-state index contributed by atoms with van der Waals surface area (Å²) in [6, 6.07) is 10.4. The van der Waals surface area contributed by atoms with E-state index in [1.54, 1.807) is 24.9 Å². The molecule has 1 fully saturated rings. The normalized spacial score (nSPS) is 14.5. The molecule has 0 N–H and O–H groups in total. The Balaban J connectivity index is 1.83. The fourth-order valence-electron chi connectivity index (χ4n) is 3.57. The van der Waals surface area contributed by atoms with Gasteiger partial charge in [-0.1, -0.05) is 36.4 Å². The molecule has 0 radical (unpaired) electrons. The minimum absolute atomic E-state index is 0.411. The molecule has 7 nitrogen and oxygen atoms in total. The maximum Gasteiger partial charge on any atom is 0.339 e. The van der Waals surface area contributed by atoms with Crippen molar-refractivity contribution >= 4 is 34.3 Å². The number of ether oxygens (including phenoxy) is 2. The number of aryl methyl sites for hydroxylation is 2. The van der Waals surface area contributed by atoms with Crippen LogP contribution in [0.15, 0.2) is 35.3 Å². The van der Waals surface area contributed by atoms with Crippen molar-refractivity contribution in [2.75, 3.05) is 51.6 Å². The largest absolute Gasteiger partial charge is 0.479 e. The molecule has 166 valence electrons. The van der Waals surface area contributed by atoms with Crippen LogP contribution >= 0.6 is 11.8 Å². The van der Waals surface area contributed by atoms with E-state index in [9.17, 15) is 4.79 Å². The van der Waals surface area contributed by atoms with Crippen LogP contribution in [0, 0.1) is 6.92 Å². The molecule has 0 amide bonds. The average Bonchev–Trinajstić information content (AvgIpc) is 2.82. The highest BCUT2D eigenvalue weighted by atomic mass is 32.2. The first-order valence-electron chi connectivity index (χ1n) is 10.4. The van der Waals surface area contributed by atoms with Crippen LogP contribution in [0.4, 0.5) is 11.4 Å². The predicted molar refractivity (Wildman–Crippen MR) is 127 cm³/mol. The molecule has 0 saturated carbocycles. The summed E-state index contributed by atoms with van der Waals surface area (Å²) in [7, 11) is 2.94. The number of piperazine rings is 1. The molecule has 8 heteroatoms. The number of amidine groups is 1. The molecule has 1 aliphatic heterocycles. The van der Waals surface area contributed by atoms with Gasteiger partial charge in [-0.25, -0.2) is 14.8 Å². The zero-order valence-corrected chi connectivity index (χ0v) is 19.7. The SMILES string of the molecule is CCc1nc(OC)c(N=C(SC)N2CCN(c3ccc(C)cc3)CC2)cc1C(=O)OC. The number of anilines is 1. The Morgan fingerprint density at radius 2 is 1.84 bits per heavy atom. The summed E-state index contributed by atoms with van der Waals surface area (Å²) in [6.07, 6.45) is 2.61. The number of thioether (sulfide) groups is 1. The molecule has 31 heavy (non-hydrogen) atoms. The van der Waals surface area contributed by atoms with Gasteiger partial charge in [0.25, 0.3) is 0 Å². The summed E-state index contributed by atoms with van der Waals surface area (Å²) in [6.45, 7) is 7.60. The van der Waals surface area contributed by atoms with Gasteiger partial charge in [-0.2, -0.15) is 0 Å². The summed E-state index contributed by atoms with van der Waals surface area (Å²) in [5.74, 6) is -0.00443. The number of aliphatic imine (C=N–C) groups is 1. The highest BCUT2D eigenvalue weighted by molar-refractivity contribution is 8.13. The molecule has 2 aromatic rings. The van der Waals surface area contributed by atoms with Gasteiger partial charge in [0.15, 0.2) is 5.17 Å². The third-order valence-electron chi connectivity index (χ3n) is 5.33. The van der Waals surface area contributed by atoms with Gasteiger partial charge >= 0.3 is 5.97 Å². The van der Waals surface area contributed by atoms with E-state index in [-0.39, 0.29) is 0 Å². The topological polar surface area (TPSA) is 67.3 Å². The first-order valence-corrected chi connectivity index (χ1v) is 11.6. The first-order chi connectivity index (χ1) is 15.0. The Kier molecular flexibility index (Phi) is 7.79. The number of hydrogen-bond acceptors (Lipinski definition) is 7. The van der Waals surface area contributed by atoms with E-state index in [1.165, 1.54) is 18.4 Å². The van der Waals surface area contributed by atoms with Crippen LogP contribution in [0.25, 0.3) is 0 Å². The number of benzene rings is 1. The minimum Gasteiger partial charge on any atom is -0.479 e. The number of carbonyl (C=O) groups is 1. The molecule has 1 saturated heterocycles. The van der Waals surface area contributed by atoms with Crippen LogP contribution in [0.3, 0.4) is 0 Å². The predicted octanol–water partition coefficient (Wildman–Crippen LogP) is 3.92. The van der Waals surface area contributed by atoms with Gasteiger partial charge in [0.05, 0.1) is 25.5 Å². The smallest absolute Gasteiger partial charge is 0.339 e. The monoisotopic (exact) mass is 442 g/mol. The maximum atomic E-state index is 12.2. The van der Waals surface area contributed by atoms with E-state index in [1.807, 2.05) is 13.2 Å². The molecule has 1 aliphatic rings. The standard InChI is InChI=1S/C23H30N4O3S/c1-6-19-18(22(28)30-4)15-20(21(24-19)29-3)25-23(31-5)27-13-11-26(12-14-27)17-9-7-16(2)8-10-17/h7-10,15H,6,11-14H2,1-5H3. The number of methoxy groups -OCH3 is 2. The molecule has 3 rings (SSSR count). The van der Waals surface area contributed by atoms with Crippen LogP contribution in [-0.2, 0) is 11.2 Å². The van der Waals surface area contributed by atoms with Crippen molar-refractivity contribution in [2.24, 2.45) is 4.99 Å². The fraction of sp³-hybridized carbons (Fsp3) is 0.435.